The summed E-state index contributed by atoms with van der Waals surface area (Å²) in [7, 11) is 0. The first kappa shape index (κ1) is 14.7. The average molecular weight is 280 g/mol. The smallest absolute Gasteiger partial charge is 0.339 e. The summed E-state index contributed by atoms with van der Waals surface area (Å²) in [5.74, 6) is 0.404. The monoisotopic (exact) mass is 280 g/mol. The summed E-state index contributed by atoms with van der Waals surface area (Å²) in [5.41, 5.74) is 0.440. The van der Waals surface area contributed by atoms with Gasteiger partial charge in [0.25, 0.3) is 0 Å². The van der Waals surface area contributed by atoms with E-state index in [2.05, 4.69) is 4.98 Å². The topological polar surface area (TPSA) is 71.9 Å². The average Bonchev–Trinajstić information content (AvgIpc) is 2.47. The van der Waals surface area contributed by atoms with Crippen LogP contribution in [-0.4, -0.2) is 54.6 Å². The molecule has 1 N–H and O–H groups in total. The number of hydrogen-bond donors (Lipinski definition) is 1. The van der Waals surface area contributed by atoms with Gasteiger partial charge < -0.3 is 19.5 Å². The maximum atomic E-state index is 11.6. The van der Waals surface area contributed by atoms with Gasteiger partial charge in [0.05, 0.1) is 31.0 Å². The van der Waals surface area contributed by atoms with Crippen molar-refractivity contribution in [3.63, 3.8) is 0 Å². The zero-order valence-corrected chi connectivity index (χ0v) is 11.8. The van der Waals surface area contributed by atoms with Gasteiger partial charge in [-0.2, -0.15) is 0 Å². The Labute approximate surface area is 118 Å². The molecule has 0 aromatic carbocycles. The van der Waals surface area contributed by atoms with Crippen LogP contribution in [0.25, 0.3) is 0 Å². The highest BCUT2D eigenvalue weighted by atomic mass is 16.5. The van der Waals surface area contributed by atoms with Crippen LogP contribution < -0.4 is 4.90 Å². The molecule has 1 saturated heterocycles. The predicted octanol–water partition coefficient (Wildman–Crippen LogP) is 0.844. The third-order valence-corrected chi connectivity index (χ3v) is 3.11. The van der Waals surface area contributed by atoms with Crippen LogP contribution in [0.2, 0.25) is 0 Å². The summed E-state index contributed by atoms with van der Waals surface area (Å²) in [6.07, 6.45) is 1.35. The molecule has 0 radical (unpaired) electrons. The minimum Gasteiger partial charge on any atom is -0.462 e. The largest absolute Gasteiger partial charge is 0.462 e. The molecule has 1 aliphatic heterocycles. The molecule has 1 aromatic heterocycles. The second-order valence-electron chi connectivity index (χ2n) is 4.78. The number of rotatable bonds is 4. The Morgan fingerprint density at radius 2 is 2.35 bits per heavy atom. The van der Waals surface area contributed by atoms with Crippen molar-refractivity contribution < 1.29 is 19.4 Å². The van der Waals surface area contributed by atoms with Gasteiger partial charge in [-0.1, -0.05) is 0 Å². The zero-order chi connectivity index (χ0) is 14.5. The summed E-state index contributed by atoms with van der Waals surface area (Å²) >= 11 is 0. The van der Waals surface area contributed by atoms with Crippen molar-refractivity contribution in [3.05, 3.63) is 23.9 Å². The number of aliphatic hydroxyl groups excluding tert-OH is 1. The fraction of sp³-hybridized carbons (Fsp3) is 0.571. The number of anilines is 1. The third-order valence-electron chi connectivity index (χ3n) is 3.11. The van der Waals surface area contributed by atoms with Crippen LogP contribution in [0.15, 0.2) is 18.3 Å². The Kier molecular flexibility index (Phi) is 4.92. The lowest BCUT2D eigenvalue weighted by atomic mass is 10.2. The van der Waals surface area contributed by atoms with Crippen LogP contribution in [0, 0.1) is 0 Å². The molecule has 6 nitrogen and oxygen atoms in total. The minimum absolute atomic E-state index is 0.0122. The van der Waals surface area contributed by atoms with E-state index in [9.17, 15) is 9.90 Å². The highest BCUT2D eigenvalue weighted by Gasteiger charge is 2.25. The highest BCUT2D eigenvalue weighted by molar-refractivity contribution is 5.89. The van der Waals surface area contributed by atoms with E-state index in [0.29, 0.717) is 25.3 Å². The first-order valence-electron chi connectivity index (χ1n) is 6.78. The normalized spacial score (nSPS) is 22.6. The van der Waals surface area contributed by atoms with E-state index < -0.39 is 0 Å². The van der Waals surface area contributed by atoms with Gasteiger partial charge in [0.15, 0.2) is 0 Å². The number of hydrogen-bond acceptors (Lipinski definition) is 6. The Morgan fingerprint density at radius 1 is 1.55 bits per heavy atom. The van der Waals surface area contributed by atoms with E-state index >= 15 is 0 Å². The van der Waals surface area contributed by atoms with Crippen molar-refractivity contribution >= 4 is 11.8 Å². The van der Waals surface area contributed by atoms with E-state index in [0.717, 1.165) is 5.82 Å². The number of carbonyl (C=O) groups excluding carboxylic acids is 1. The van der Waals surface area contributed by atoms with Gasteiger partial charge in [0, 0.05) is 19.3 Å². The summed E-state index contributed by atoms with van der Waals surface area (Å²) in [6, 6.07) is 3.49. The van der Waals surface area contributed by atoms with Gasteiger partial charge in [-0.15, -0.1) is 0 Å². The van der Waals surface area contributed by atoms with Crippen molar-refractivity contribution in [2.24, 2.45) is 0 Å². The fourth-order valence-electron chi connectivity index (χ4n) is 2.24. The molecule has 0 bridgehead atoms. The molecule has 1 fully saturated rings. The molecule has 2 heterocycles. The van der Waals surface area contributed by atoms with Crippen LogP contribution in [0.1, 0.15) is 24.2 Å². The molecule has 0 aliphatic carbocycles. The van der Waals surface area contributed by atoms with Gasteiger partial charge in [0.2, 0.25) is 0 Å². The van der Waals surface area contributed by atoms with E-state index in [-0.39, 0.29) is 24.8 Å². The summed E-state index contributed by atoms with van der Waals surface area (Å²) < 4.78 is 10.5. The van der Waals surface area contributed by atoms with E-state index in [4.69, 9.17) is 9.47 Å². The summed E-state index contributed by atoms with van der Waals surface area (Å²) in [5, 5.41) is 9.22. The molecule has 6 heteroatoms. The number of aromatic nitrogens is 1. The minimum atomic E-state index is -0.366. The van der Waals surface area contributed by atoms with E-state index in [1.165, 1.54) is 6.20 Å². The number of pyridine rings is 1. The van der Waals surface area contributed by atoms with Crippen LogP contribution >= 0.6 is 0 Å². The molecule has 110 valence electrons. The van der Waals surface area contributed by atoms with Gasteiger partial charge in [-0.25, -0.2) is 9.78 Å². The molecule has 1 aromatic rings. The van der Waals surface area contributed by atoms with Crippen molar-refractivity contribution in [2.45, 2.75) is 26.1 Å². The lowest BCUT2D eigenvalue weighted by Gasteiger charge is -2.36. The molecular weight excluding hydrogens is 260 g/mol. The van der Waals surface area contributed by atoms with Gasteiger partial charge in [0.1, 0.15) is 5.82 Å². The summed E-state index contributed by atoms with van der Waals surface area (Å²) in [4.78, 5) is 17.9. The number of morpholine rings is 1. The first-order valence-corrected chi connectivity index (χ1v) is 6.78. The van der Waals surface area contributed by atoms with Crippen molar-refractivity contribution in [3.8, 4) is 0 Å². The molecule has 1 aliphatic rings. The Bertz CT molecular complexity index is 449. The van der Waals surface area contributed by atoms with Crippen molar-refractivity contribution in [2.75, 3.05) is 31.2 Å². The van der Waals surface area contributed by atoms with E-state index in [1.807, 2.05) is 11.8 Å². The Hall–Kier alpha value is -1.66. The van der Waals surface area contributed by atoms with E-state index in [1.54, 1.807) is 19.1 Å². The third kappa shape index (κ3) is 3.46. The second-order valence-corrected chi connectivity index (χ2v) is 4.78. The maximum Gasteiger partial charge on any atom is 0.339 e. The number of carbonyl (C=O) groups is 1. The molecule has 2 rings (SSSR count). The molecule has 0 amide bonds. The fourth-order valence-corrected chi connectivity index (χ4v) is 2.24. The van der Waals surface area contributed by atoms with Crippen LogP contribution in [-0.2, 0) is 9.47 Å². The van der Waals surface area contributed by atoms with Gasteiger partial charge in [-0.05, 0) is 26.0 Å². The van der Waals surface area contributed by atoms with Crippen LogP contribution in [0.4, 0.5) is 5.82 Å². The molecule has 0 saturated carbocycles. The lowest BCUT2D eigenvalue weighted by Crippen LogP contribution is -2.48. The number of ether oxygens (including phenoxy) is 2. The second kappa shape index (κ2) is 6.67. The summed E-state index contributed by atoms with van der Waals surface area (Å²) in [6.45, 7) is 5.36. The number of esters is 1. The van der Waals surface area contributed by atoms with Gasteiger partial charge >= 0.3 is 5.97 Å². The quantitative estimate of drug-likeness (QED) is 0.824. The number of aliphatic hydroxyl groups is 1. The van der Waals surface area contributed by atoms with Gasteiger partial charge in [-0.3, -0.25) is 0 Å². The molecule has 2 atom stereocenters. The molecular formula is C14H20N2O4. The molecule has 20 heavy (non-hydrogen) atoms. The SMILES string of the molecule is CCOC(=O)c1ccc(N2CC(C)OC(CO)C2)nc1. The zero-order valence-electron chi connectivity index (χ0n) is 11.8. The lowest BCUT2D eigenvalue weighted by molar-refractivity contribution is -0.0423. The first-order chi connectivity index (χ1) is 9.63. The maximum absolute atomic E-state index is 11.6. The Balaban J connectivity index is 2.07. The predicted molar refractivity (Wildman–Crippen MR) is 73.8 cm³/mol. The van der Waals surface area contributed by atoms with Crippen molar-refractivity contribution in [1.29, 1.82) is 0 Å². The standard InChI is InChI=1S/C14H20N2O4/c1-3-19-14(18)11-4-5-13(15-6-11)16-7-10(2)20-12(8-16)9-17/h4-6,10,12,17H,3,7-9H2,1-2H3. The highest BCUT2D eigenvalue weighted by Crippen LogP contribution is 2.18. The molecule has 0 spiro atoms. The van der Waals surface area contributed by atoms with Crippen LogP contribution in [0.5, 0.6) is 0 Å². The van der Waals surface area contributed by atoms with Crippen LogP contribution in [0.3, 0.4) is 0 Å². The van der Waals surface area contributed by atoms with Crippen molar-refractivity contribution in [1.82, 2.24) is 4.98 Å². The Morgan fingerprint density at radius 3 is 2.95 bits per heavy atom. The number of nitrogens with zero attached hydrogens (tertiary/aromatic N) is 2. The molecule has 2 unspecified atom stereocenters.